The van der Waals surface area contributed by atoms with E-state index in [0.717, 1.165) is 11.1 Å². The van der Waals surface area contributed by atoms with Gasteiger partial charge in [-0.05, 0) is 24.1 Å². The van der Waals surface area contributed by atoms with E-state index in [1.54, 1.807) is 11.5 Å². The number of rotatable bonds is 2. The summed E-state index contributed by atoms with van der Waals surface area (Å²) in [6, 6.07) is 2.06. The summed E-state index contributed by atoms with van der Waals surface area (Å²) in [5, 5.41) is 22.0. The Kier molecular flexibility index (Phi) is 5.69. The molecular formula is C14H15N3O2S. The van der Waals surface area contributed by atoms with E-state index in [9.17, 15) is 10.1 Å². The number of anilines is 1. The highest BCUT2D eigenvalue weighted by atomic mass is 32.1. The third-order valence-electron chi connectivity index (χ3n) is 2.55. The molecule has 1 aromatic rings. The molecule has 1 aromatic heterocycles. The standard InChI is InChI=1S/C12H9N3O2S.C2H6/c13-6-10-11(7-18-12(10)14)8-2-1-3-9(5-4-8)15(16)17;1-2/h2-5,7H,1,14H2;1-2H3. The second-order valence-corrected chi connectivity index (χ2v) is 4.53. The molecule has 0 saturated carbocycles. The lowest BCUT2D eigenvalue weighted by Gasteiger charge is -1.98. The predicted octanol–water partition coefficient (Wildman–Crippen LogP) is 3.73. The molecule has 1 heterocycles. The molecule has 0 atom stereocenters. The van der Waals surface area contributed by atoms with Crippen LogP contribution in [-0.2, 0) is 0 Å². The Balaban J connectivity index is 0.000000956. The predicted molar refractivity (Wildman–Crippen MR) is 81.6 cm³/mol. The lowest BCUT2D eigenvalue weighted by molar-refractivity contribution is -0.419. The topological polar surface area (TPSA) is 92.9 Å². The van der Waals surface area contributed by atoms with Crippen LogP contribution in [0.1, 0.15) is 31.4 Å². The minimum absolute atomic E-state index is 0.0583. The number of nitrogens with zero attached hydrogens (tertiary/aromatic N) is 2. The Hall–Kier alpha value is -2.39. The van der Waals surface area contributed by atoms with Crippen molar-refractivity contribution in [1.29, 1.82) is 5.26 Å². The van der Waals surface area contributed by atoms with Gasteiger partial charge >= 0.3 is 0 Å². The Labute approximate surface area is 121 Å². The average molecular weight is 289 g/mol. The van der Waals surface area contributed by atoms with Gasteiger partial charge in [0.1, 0.15) is 11.1 Å². The number of nitrogens with two attached hydrogens (primary N) is 1. The van der Waals surface area contributed by atoms with Crippen LogP contribution in [0, 0.1) is 21.4 Å². The van der Waals surface area contributed by atoms with Crippen LogP contribution in [0.4, 0.5) is 5.00 Å². The monoisotopic (exact) mass is 289 g/mol. The first-order valence-corrected chi connectivity index (χ1v) is 7.01. The largest absolute Gasteiger partial charge is 0.389 e. The Bertz CT molecular complexity index is 633. The lowest BCUT2D eigenvalue weighted by Crippen LogP contribution is -1.94. The average Bonchev–Trinajstić information content (AvgIpc) is 2.67. The van der Waals surface area contributed by atoms with Crippen molar-refractivity contribution in [3.8, 4) is 6.07 Å². The molecular weight excluding hydrogens is 274 g/mol. The Morgan fingerprint density at radius 1 is 1.40 bits per heavy atom. The molecule has 104 valence electrons. The van der Waals surface area contributed by atoms with Gasteiger partial charge in [-0.15, -0.1) is 11.3 Å². The van der Waals surface area contributed by atoms with Crippen LogP contribution >= 0.6 is 11.3 Å². The van der Waals surface area contributed by atoms with E-state index in [0.29, 0.717) is 17.0 Å². The Morgan fingerprint density at radius 2 is 2.10 bits per heavy atom. The minimum Gasteiger partial charge on any atom is -0.389 e. The van der Waals surface area contributed by atoms with E-state index in [2.05, 4.69) is 6.07 Å². The molecule has 20 heavy (non-hydrogen) atoms. The minimum atomic E-state index is -0.430. The second kappa shape index (κ2) is 7.26. The number of nitrogen functional groups attached to an aromatic ring is 1. The van der Waals surface area contributed by atoms with Crippen molar-refractivity contribution in [2.75, 3.05) is 5.73 Å². The molecule has 0 aromatic carbocycles. The van der Waals surface area contributed by atoms with Gasteiger partial charge in [0, 0.05) is 17.0 Å². The van der Waals surface area contributed by atoms with Gasteiger partial charge in [0.15, 0.2) is 0 Å². The zero-order valence-electron chi connectivity index (χ0n) is 11.3. The van der Waals surface area contributed by atoms with Gasteiger partial charge in [0.25, 0.3) is 5.70 Å². The molecule has 0 unspecified atom stereocenters. The van der Waals surface area contributed by atoms with Crippen LogP contribution in [0.2, 0.25) is 0 Å². The molecule has 0 amide bonds. The summed E-state index contributed by atoms with van der Waals surface area (Å²) < 4.78 is 0. The second-order valence-electron chi connectivity index (χ2n) is 3.62. The molecule has 5 nitrogen and oxygen atoms in total. The van der Waals surface area contributed by atoms with Crippen molar-refractivity contribution < 1.29 is 4.92 Å². The van der Waals surface area contributed by atoms with Gasteiger partial charge in [-0.1, -0.05) is 19.9 Å². The van der Waals surface area contributed by atoms with Gasteiger partial charge in [0.2, 0.25) is 0 Å². The number of allylic oxidation sites excluding steroid dienone is 5. The van der Waals surface area contributed by atoms with Gasteiger partial charge in [-0.3, -0.25) is 10.1 Å². The number of nitro groups is 1. The highest BCUT2D eigenvalue weighted by molar-refractivity contribution is 7.14. The van der Waals surface area contributed by atoms with Crippen molar-refractivity contribution in [1.82, 2.24) is 0 Å². The van der Waals surface area contributed by atoms with Crippen LogP contribution in [0.25, 0.3) is 5.57 Å². The first kappa shape index (κ1) is 15.7. The van der Waals surface area contributed by atoms with Gasteiger partial charge in [-0.2, -0.15) is 5.26 Å². The molecule has 0 spiro atoms. The molecule has 6 heteroatoms. The summed E-state index contributed by atoms with van der Waals surface area (Å²) in [5.74, 6) is 0. The van der Waals surface area contributed by atoms with Gasteiger partial charge in [0.05, 0.1) is 10.5 Å². The van der Waals surface area contributed by atoms with Gasteiger partial charge < -0.3 is 5.73 Å². The SMILES string of the molecule is CC.N#Cc1c(C2=CCC=C([N+](=O)[O-])C=C2)csc1N. The van der Waals surface area contributed by atoms with Gasteiger partial charge in [-0.25, -0.2) is 0 Å². The van der Waals surface area contributed by atoms with Crippen molar-refractivity contribution in [2.45, 2.75) is 20.3 Å². The molecule has 1 aliphatic carbocycles. The van der Waals surface area contributed by atoms with E-state index < -0.39 is 4.92 Å². The molecule has 0 saturated heterocycles. The summed E-state index contributed by atoms with van der Waals surface area (Å²) in [7, 11) is 0. The van der Waals surface area contributed by atoms with Crippen molar-refractivity contribution in [3.63, 3.8) is 0 Å². The zero-order chi connectivity index (χ0) is 15.1. The first-order chi connectivity index (χ1) is 9.63. The summed E-state index contributed by atoms with van der Waals surface area (Å²) in [6.45, 7) is 4.00. The maximum atomic E-state index is 10.7. The number of hydrogen-bond acceptors (Lipinski definition) is 5. The highest BCUT2D eigenvalue weighted by Crippen LogP contribution is 2.31. The lowest BCUT2D eigenvalue weighted by atomic mass is 10.0. The van der Waals surface area contributed by atoms with Crippen LogP contribution in [-0.4, -0.2) is 4.92 Å². The van der Waals surface area contributed by atoms with Crippen LogP contribution in [0.3, 0.4) is 0 Å². The molecule has 2 rings (SSSR count). The third-order valence-corrected chi connectivity index (χ3v) is 3.36. The maximum absolute atomic E-state index is 10.7. The first-order valence-electron chi connectivity index (χ1n) is 6.13. The zero-order valence-corrected chi connectivity index (χ0v) is 12.1. The molecule has 0 radical (unpaired) electrons. The molecule has 0 bridgehead atoms. The van der Waals surface area contributed by atoms with E-state index in [1.807, 2.05) is 19.9 Å². The molecule has 0 fully saturated rings. The van der Waals surface area contributed by atoms with Crippen molar-refractivity contribution >= 4 is 21.9 Å². The van der Waals surface area contributed by atoms with Crippen molar-refractivity contribution in [3.05, 3.63) is 56.6 Å². The Morgan fingerprint density at radius 3 is 2.70 bits per heavy atom. The summed E-state index contributed by atoms with van der Waals surface area (Å²) >= 11 is 1.29. The van der Waals surface area contributed by atoms with Crippen molar-refractivity contribution in [2.24, 2.45) is 0 Å². The van der Waals surface area contributed by atoms with E-state index >= 15 is 0 Å². The number of thiophene rings is 1. The molecule has 0 aliphatic heterocycles. The fraction of sp³-hybridized carbons (Fsp3) is 0.214. The van der Waals surface area contributed by atoms with Crippen LogP contribution in [0.5, 0.6) is 0 Å². The van der Waals surface area contributed by atoms with E-state index in [1.165, 1.54) is 23.5 Å². The van der Waals surface area contributed by atoms with Crippen LogP contribution in [0.15, 0.2) is 35.4 Å². The smallest absolute Gasteiger partial charge is 0.265 e. The highest BCUT2D eigenvalue weighted by Gasteiger charge is 2.14. The fourth-order valence-electron chi connectivity index (χ4n) is 1.65. The fourth-order valence-corrected chi connectivity index (χ4v) is 2.43. The normalized spacial score (nSPS) is 13.2. The van der Waals surface area contributed by atoms with Crippen LogP contribution < -0.4 is 5.73 Å². The summed E-state index contributed by atoms with van der Waals surface area (Å²) in [5.41, 5.74) is 7.70. The summed E-state index contributed by atoms with van der Waals surface area (Å²) in [6.07, 6.45) is 6.91. The number of hydrogen-bond donors (Lipinski definition) is 1. The number of nitriles is 1. The quantitative estimate of drug-likeness (QED) is 0.663. The summed E-state index contributed by atoms with van der Waals surface area (Å²) in [4.78, 5) is 10.2. The van der Waals surface area contributed by atoms with E-state index in [-0.39, 0.29) is 5.70 Å². The van der Waals surface area contributed by atoms with E-state index in [4.69, 9.17) is 11.0 Å². The third kappa shape index (κ3) is 3.33. The molecule has 1 aliphatic rings. The maximum Gasteiger partial charge on any atom is 0.265 e. The molecule has 2 N–H and O–H groups in total.